The second kappa shape index (κ2) is 6.84. The van der Waals surface area contributed by atoms with Crippen LogP contribution in [0.15, 0.2) is 0 Å². The van der Waals surface area contributed by atoms with Crippen molar-refractivity contribution in [3.8, 4) is 6.07 Å². The zero-order chi connectivity index (χ0) is 12.8. The average Bonchev–Trinajstić information content (AvgIpc) is 2.24. The van der Waals surface area contributed by atoms with Crippen LogP contribution in [-0.4, -0.2) is 44.8 Å². The molecule has 0 aliphatic heterocycles. The number of hydrogen-bond acceptors (Lipinski definition) is 4. The van der Waals surface area contributed by atoms with Gasteiger partial charge in [0.2, 0.25) is 10.0 Å². The van der Waals surface area contributed by atoms with Gasteiger partial charge in [-0.15, -0.1) is 0 Å². The van der Waals surface area contributed by atoms with Gasteiger partial charge in [-0.05, 0) is 13.8 Å². The maximum absolute atomic E-state index is 11.9. The van der Waals surface area contributed by atoms with Crippen molar-refractivity contribution in [1.82, 2.24) is 4.31 Å². The van der Waals surface area contributed by atoms with Crippen molar-refractivity contribution in [3.05, 3.63) is 0 Å². The maximum Gasteiger partial charge on any atom is 0.216 e. The third-order valence-electron chi connectivity index (χ3n) is 2.29. The number of methoxy groups -OCH3 is 1. The molecule has 0 aromatic rings. The quantitative estimate of drug-likeness (QED) is 0.669. The van der Waals surface area contributed by atoms with Crippen molar-refractivity contribution in [1.29, 1.82) is 5.26 Å². The summed E-state index contributed by atoms with van der Waals surface area (Å²) < 4.78 is 30.1. The molecule has 0 spiro atoms. The second-order valence-corrected chi connectivity index (χ2v) is 5.82. The molecule has 0 amide bonds. The van der Waals surface area contributed by atoms with Gasteiger partial charge in [-0.3, -0.25) is 0 Å². The van der Waals surface area contributed by atoms with Gasteiger partial charge in [0.1, 0.15) is 0 Å². The molecule has 0 aromatic heterocycles. The van der Waals surface area contributed by atoms with Gasteiger partial charge in [-0.2, -0.15) is 5.26 Å². The first-order valence-electron chi connectivity index (χ1n) is 5.27. The molecule has 0 saturated heterocycles. The Morgan fingerprint density at radius 2 is 2.00 bits per heavy atom. The van der Waals surface area contributed by atoms with Crippen molar-refractivity contribution in [2.45, 2.75) is 26.9 Å². The summed E-state index contributed by atoms with van der Waals surface area (Å²) in [6.07, 6.45) is -0.337. The van der Waals surface area contributed by atoms with Crippen LogP contribution in [0.25, 0.3) is 0 Å². The number of hydrogen-bond donors (Lipinski definition) is 0. The Labute approximate surface area is 98.1 Å². The highest BCUT2D eigenvalue weighted by atomic mass is 32.2. The molecule has 0 aliphatic rings. The van der Waals surface area contributed by atoms with Gasteiger partial charge in [-0.25, -0.2) is 12.7 Å². The second-order valence-electron chi connectivity index (χ2n) is 3.81. The van der Waals surface area contributed by atoms with Crippen LogP contribution in [0.4, 0.5) is 0 Å². The Balaban J connectivity index is 4.63. The minimum atomic E-state index is -3.33. The molecule has 5 nitrogen and oxygen atoms in total. The van der Waals surface area contributed by atoms with E-state index in [2.05, 4.69) is 0 Å². The van der Waals surface area contributed by atoms with E-state index in [-0.39, 0.29) is 24.3 Å². The molecule has 94 valence electrons. The van der Waals surface area contributed by atoms with Gasteiger partial charge in [-0.1, -0.05) is 6.92 Å². The van der Waals surface area contributed by atoms with E-state index >= 15 is 0 Å². The fourth-order valence-corrected chi connectivity index (χ4v) is 3.04. The maximum atomic E-state index is 11.9. The fourth-order valence-electron chi connectivity index (χ4n) is 1.26. The van der Waals surface area contributed by atoms with Crippen molar-refractivity contribution in [2.75, 3.05) is 26.0 Å². The fraction of sp³-hybridized carbons (Fsp3) is 0.900. The summed E-state index contributed by atoms with van der Waals surface area (Å²) in [6.45, 7) is 5.80. The molecule has 0 bridgehead atoms. The standard InChI is InChI=1S/C10H20N2O3S/c1-5-12(7-9(2)6-11)16(13,14)8-10(3)15-4/h9-10H,5,7-8H2,1-4H3/t9-,10+/m0/s1. The SMILES string of the molecule is CCN(C[C@@H](C)C#N)S(=O)(=O)C[C@@H](C)OC. The van der Waals surface area contributed by atoms with E-state index in [1.54, 1.807) is 20.8 Å². The number of sulfonamides is 1. The van der Waals surface area contributed by atoms with Crippen molar-refractivity contribution < 1.29 is 13.2 Å². The Hall–Kier alpha value is -0.640. The van der Waals surface area contributed by atoms with Crippen LogP contribution < -0.4 is 0 Å². The molecule has 0 N–H and O–H groups in total. The Morgan fingerprint density at radius 1 is 1.44 bits per heavy atom. The topological polar surface area (TPSA) is 70.4 Å². The lowest BCUT2D eigenvalue weighted by Gasteiger charge is -2.22. The molecule has 2 atom stereocenters. The molecule has 0 heterocycles. The van der Waals surface area contributed by atoms with Gasteiger partial charge >= 0.3 is 0 Å². The van der Waals surface area contributed by atoms with Gasteiger partial charge in [0.05, 0.1) is 23.8 Å². The summed E-state index contributed by atoms with van der Waals surface area (Å²) in [6, 6.07) is 2.03. The van der Waals surface area contributed by atoms with Crippen molar-refractivity contribution >= 4 is 10.0 Å². The van der Waals surface area contributed by atoms with Gasteiger partial charge in [0.15, 0.2) is 0 Å². The van der Waals surface area contributed by atoms with Crippen molar-refractivity contribution in [2.24, 2.45) is 5.92 Å². The van der Waals surface area contributed by atoms with E-state index in [1.165, 1.54) is 11.4 Å². The van der Waals surface area contributed by atoms with Crippen LogP contribution >= 0.6 is 0 Å². The lowest BCUT2D eigenvalue weighted by atomic mass is 10.2. The molecule has 0 fully saturated rings. The molecule has 0 radical (unpaired) electrons. The van der Waals surface area contributed by atoms with E-state index in [0.29, 0.717) is 6.54 Å². The highest BCUT2D eigenvalue weighted by molar-refractivity contribution is 7.89. The Kier molecular flexibility index (Phi) is 6.56. The molecule has 0 saturated carbocycles. The van der Waals surface area contributed by atoms with Crippen molar-refractivity contribution in [3.63, 3.8) is 0 Å². The molecule has 0 rings (SSSR count). The van der Waals surface area contributed by atoms with Crippen LogP contribution in [0.5, 0.6) is 0 Å². The monoisotopic (exact) mass is 248 g/mol. The van der Waals surface area contributed by atoms with E-state index in [0.717, 1.165) is 0 Å². The van der Waals surface area contributed by atoms with E-state index < -0.39 is 10.0 Å². The molecule has 16 heavy (non-hydrogen) atoms. The average molecular weight is 248 g/mol. The lowest BCUT2D eigenvalue weighted by molar-refractivity contribution is 0.135. The first kappa shape index (κ1) is 15.4. The molecule has 0 aliphatic carbocycles. The summed E-state index contributed by atoms with van der Waals surface area (Å²) in [4.78, 5) is 0. The predicted molar refractivity (Wildman–Crippen MR) is 62.3 cm³/mol. The first-order valence-corrected chi connectivity index (χ1v) is 6.88. The third kappa shape index (κ3) is 4.92. The largest absolute Gasteiger partial charge is 0.381 e. The molecule has 0 aromatic carbocycles. The molecule has 0 unspecified atom stereocenters. The summed E-state index contributed by atoms with van der Waals surface area (Å²) >= 11 is 0. The summed E-state index contributed by atoms with van der Waals surface area (Å²) in [5.74, 6) is -0.345. The van der Waals surface area contributed by atoms with Gasteiger partial charge < -0.3 is 4.74 Å². The van der Waals surface area contributed by atoms with Crippen LogP contribution in [0.2, 0.25) is 0 Å². The van der Waals surface area contributed by atoms with E-state index in [4.69, 9.17) is 10.00 Å². The summed E-state index contributed by atoms with van der Waals surface area (Å²) in [7, 11) is -1.85. The van der Waals surface area contributed by atoms with Crippen LogP contribution in [0.1, 0.15) is 20.8 Å². The predicted octanol–water partition coefficient (Wildman–Crippen LogP) is 0.833. The van der Waals surface area contributed by atoms with Gasteiger partial charge in [0, 0.05) is 20.2 Å². The minimum absolute atomic E-state index is 0.0461. The smallest absolute Gasteiger partial charge is 0.216 e. The zero-order valence-electron chi connectivity index (χ0n) is 10.3. The van der Waals surface area contributed by atoms with Crippen LogP contribution in [-0.2, 0) is 14.8 Å². The zero-order valence-corrected chi connectivity index (χ0v) is 11.1. The van der Waals surface area contributed by atoms with Crippen LogP contribution in [0, 0.1) is 17.2 Å². The molecular formula is C10H20N2O3S. The third-order valence-corrected chi connectivity index (χ3v) is 4.38. The normalized spacial score (nSPS) is 15.8. The molecule has 6 heteroatoms. The Bertz CT molecular complexity index is 334. The number of rotatable bonds is 7. The highest BCUT2D eigenvalue weighted by Crippen LogP contribution is 2.08. The van der Waals surface area contributed by atoms with Crippen LogP contribution in [0.3, 0.4) is 0 Å². The van der Waals surface area contributed by atoms with E-state index in [1.807, 2.05) is 6.07 Å². The number of nitrogens with zero attached hydrogens (tertiary/aromatic N) is 2. The minimum Gasteiger partial charge on any atom is -0.381 e. The summed E-state index contributed by atoms with van der Waals surface area (Å²) in [5, 5.41) is 8.68. The molecular weight excluding hydrogens is 228 g/mol. The van der Waals surface area contributed by atoms with E-state index in [9.17, 15) is 8.42 Å². The number of nitriles is 1. The van der Waals surface area contributed by atoms with Gasteiger partial charge in [0.25, 0.3) is 0 Å². The highest BCUT2D eigenvalue weighted by Gasteiger charge is 2.24. The Morgan fingerprint density at radius 3 is 2.38 bits per heavy atom. The number of ether oxygens (including phenoxy) is 1. The summed E-state index contributed by atoms with van der Waals surface area (Å²) in [5.41, 5.74) is 0. The lowest BCUT2D eigenvalue weighted by Crippen LogP contribution is -2.38. The first-order chi connectivity index (χ1) is 7.37.